The fourth-order valence-electron chi connectivity index (χ4n) is 1.62. The number of aromatic amines is 1. The van der Waals surface area contributed by atoms with Gasteiger partial charge in [0.2, 0.25) is 0 Å². The van der Waals surface area contributed by atoms with Gasteiger partial charge in [0.15, 0.2) is 0 Å². The molecule has 0 atom stereocenters. The monoisotopic (exact) mass is 223 g/mol. The van der Waals surface area contributed by atoms with Crippen LogP contribution in [0.2, 0.25) is 0 Å². The molecule has 1 N–H and O–H groups in total. The van der Waals surface area contributed by atoms with Crippen LogP contribution in [-0.4, -0.2) is 25.4 Å². The number of hydrogen-bond acceptors (Lipinski definition) is 4. The molecule has 82 valence electrons. The van der Waals surface area contributed by atoms with Gasteiger partial charge < -0.3 is 0 Å². The van der Waals surface area contributed by atoms with E-state index in [1.807, 2.05) is 30.3 Å². The minimum absolute atomic E-state index is 0.902. The zero-order chi connectivity index (χ0) is 11.5. The maximum Gasteiger partial charge on any atom is 0.116 e. The molecule has 0 unspecified atom stereocenters. The van der Waals surface area contributed by atoms with Crippen LogP contribution in [0.5, 0.6) is 0 Å². The maximum atomic E-state index is 4.20. The van der Waals surface area contributed by atoms with Crippen molar-refractivity contribution in [2.24, 2.45) is 0 Å². The van der Waals surface area contributed by atoms with E-state index in [0.717, 1.165) is 22.5 Å². The Morgan fingerprint density at radius 1 is 0.941 bits per heavy atom. The average Bonchev–Trinajstić information content (AvgIpc) is 2.94. The lowest BCUT2D eigenvalue weighted by atomic mass is 10.1. The van der Waals surface area contributed by atoms with Gasteiger partial charge in [-0.1, -0.05) is 29.5 Å². The smallest absolute Gasteiger partial charge is 0.116 e. The van der Waals surface area contributed by atoms with E-state index < -0.39 is 0 Å². The van der Waals surface area contributed by atoms with Crippen LogP contribution in [-0.2, 0) is 0 Å². The molecule has 17 heavy (non-hydrogen) atoms. The summed E-state index contributed by atoms with van der Waals surface area (Å²) < 4.78 is 0. The molecule has 0 aliphatic carbocycles. The van der Waals surface area contributed by atoms with Crippen molar-refractivity contribution in [2.75, 3.05) is 0 Å². The molecule has 0 radical (unpaired) electrons. The summed E-state index contributed by atoms with van der Waals surface area (Å²) in [6.07, 6.45) is 4.97. The molecule has 2 heterocycles. The second-order valence-corrected chi connectivity index (χ2v) is 3.54. The van der Waals surface area contributed by atoms with Crippen molar-refractivity contribution < 1.29 is 0 Å². The molecule has 5 heteroatoms. The van der Waals surface area contributed by atoms with Gasteiger partial charge in [0.25, 0.3) is 0 Å². The zero-order valence-corrected chi connectivity index (χ0v) is 8.91. The van der Waals surface area contributed by atoms with Crippen molar-refractivity contribution in [3.63, 3.8) is 0 Å². The van der Waals surface area contributed by atoms with E-state index in [1.165, 1.54) is 0 Å². The minimum atomic E-state index is 0.902. The van der Waals surface area contributed by atoms with Crippen molar-refractivity contribution >= 4 is 0 Å². The molecule has 5 nitrogen and oxygen atoms in total. The molecule has 0 saturated heterocycles. The zero-order valence-electron chi connectivity index (χ0n) is 8.91. The standard InChI is InChI=1S/C12H9N5/c1-3-10(12-7-15-17-16-12)4-2-9(1)11-5-6-13-8-14-11/h1-8H,(H,15,16,17). The number of hydrogen-bond donors (Lipinski definition) is 1. The van der Waals surface area contributed by atoms with Crippen LogP contribution in [0, 0.1) is 0 Å². The molecule has 3 aromatic rings. The Bertz CT molecular complexity index is 587. The van der Waals surface area contributed by atoms with Gasteiger partial charge in [-0.3, -0.25) is 5.10 Å². The van der Waals surface area contributed by atoms with Gasteiger partial charge in [-0.25, -0.2) is 9.97 Å². The Labute approximate surface area is 97.6 Å². The van der Waals surface area contributed by atoms with E-state index in [-0.39, 0.29) is 0 Å². The lowest BCUT2D eigenvalue weighted by Gasteiger charge is -2.01. The van der Waals surface area contributed by atoms with E-state index in [0.29, 0.717) is 0 Å². The summed E-state index contributed by atoms with van der Waals surface area (Å²) in [6.45, 7) is 0. The van der Waals surface area contributed by atoms with E-state index in [1.54, 1.807) is 18.7 Å². The lowest BCUT2D eigenvalue weighted by molar-refractivity contribution is 0.942. The quantitative estimate of drug-likeness (QED) is 0.720. The third-order valence-electron chi connectivity index (χ3n) is 2.49. The molecular weight excluding hydrogens is 214 g/mol. The Morgan fingerprint density at radius 2 is 1.76 bits per heavy atom. The summed E-state index contributed by atoms with van der Waals surface area (Å²) in [6, 6.07) is 9.92. The SMILES string of the molecule is c1cc(-c2ccc(-c3cnn[nH]3)cc2)ncn1. The summed E-state index contributed by atoms with van der Waals surface area (Å²) in [7, 11) is 0. The van der Waals surface area contributed by atoms with Gasteiger partial charge in [0.1, 0.15) is 6.33 Å². The van der Waals surface area contributed by atoms with Crippen LogP contribution < -0.4 is 0 Å². The molecule has 0 spiro atoms. The fourth-order valence-corrected chi connectivity index (χ4v) is 1.62. The number of benzene rings is 1. The van der Waals surface area contributed by atoms with Crippen LogP contribution in [0.3, 0.4) is 0 Å². The Kier molecular flexibility index (Phi) is 2.34. The predicted octanol–water partition coefficient (Wildman–Crippen LogP) is 1.93. The summed E-state index contributed by atoms with van der Waals surface area (Å²) in [5.74, 6) is 0. The van der Waals surface area contributed by atoms with Gasteiger partial charge in [-0.2, -0.15) is 0 Å². The number of nitrogens with one attached hydrogen (secondary N) is 1. The Morgan fingerprint density at radius 3 is 2.41 bits per heavy atom. The number of rotatable bonds is 2. The molecule has 0 bridgehead atoms. The van der Waals surface area contributed by atoms with E-state index >= 15 is 0 Å². The summed E-state index contributed by atoms with van der Waals surface area (Å²) in [4.78, 5) is 8.09. The van der Waals surface area contributed by atoms with Gasteiger partial charge >= 0.3 is 0 Å². The first-order chi connectivity index (χ1) is 8.43. The third-order valence-corrected chi connectivity index (χ3v) is 2.49. The van der Waals surface area contributed by atoms with E-state index in [2.05, 4.69) is 25.4 Å². The first-order valence-corrected chi connectivity index (χ1v) is 5.16. The predicted molar refractivity (Wildman–Crippen MR) is 62.8 cm³/mol. The second-order valence-electron chi connectivity index (χ2n) is 3.54. The molecule has 0 amide bonds. The fraction of sp³-hybridized carbons (Fsp3) is 0. The highest BCUT2D eigenvalue weighted by molar-refractivity contribution is 5.65. The molecule has 0 fully saturated rings. The molecule has 3 rings (SSSR count). The van der Waals surface area contributed by atoms with Gasteiger partial charge in [0, 0.05) is 17.3 Å². The highest BCUT2D eigenvalue weighted by atomic mass is 15.3. The Balaban J connectivity index is 1.96. The van der Waals surface area contributed by atoms with Crippen molar-refractivity contribution in [1.82, 2.24) is 25.4 Å². The summed E-state index contributed by atoms with van der Waals surface area (Å²) in [5, 5.41) is 10.3. The molecule has 2 aromatic heterocycles. The Hall–Kier alpha value is -2.56. The normalized spacial score (nSPS) is 10.4. The van der Waals surface area contributed by atoms with Crippen LogP contribution in [0.1, 0.15) is 0 Å². The van der Waals surface area contributed by atoms with E-state index in [4.69, 9.17) is 0 Å². The number of aromatic nitrogens is 5. The summed E-state index contributed by atoms with van der Waals surface area (Å²) >= 11 is 0. The van der Waals surface area contributed by atoms with Crippen LogP contribution in [0.4, 0.5) is 0 Å². The topological polar surface area (TPSA) is 67.3 Å². The van der Waals surface area contributed by atoms with E-state index in [9.17, 15) is 0 Å². The van der Waals surface area contributed by atoms with Crippen molar-refractivity contribution in [3.05, 3.63) is 49.1 Å². The van der Waals surface area contributed by atoms with Crippen LogP contribution >= 0.6 is 0 Å². The molecule has 0 saturated carbocycles. The number of nitrogens with zero attached hydrogens (tertiary/aromatic N) is 4. The van der Waals surface area contributed by atoms with Gasteiger partial charge in [-0.05, 0) is 6.07 Å². The average molecular weight is 223 g/mol. The second kappa shape index (κ2) is 4.13. The third kappa shape index (κ3) is 1.90. The summed E-state index contributed by atoms with van der Waals surface area (Å²) in [5.41, 5.74) is 3.92. The van der Waals surface area contributed by atoms with Crippen LogP contribution in [0.25, 0.3) is 22.5 Å². The van der Waals surface area contributed by atoms with Gasteiger partial charge in [-0.15, -0.1) is 5.10 Å². The first-order valence-electron chi connectivity index (χ1n) is 5.16. The maximum absolute atomic E-state index is 4.20. The van der Waals surface area contributed by atoms with Crippen molar-refractivity contribution in [3.8, 4) is 22.5 Å². The molecular formula is C12H9N5. The first kappa shape index (κ1) is 9.65. The molecule has 1 aromatic carbocycles. The molecule has 0 aliphatic heterocycles. The highest BCUT2D eigenvalue weighted by Crippen LogP contribution is 2.21. The van der Waals surface area contributed by atoms with Crippen molar-refractivity contribution in [2.45, 2.75) is 0 Å². The van der Waals surface area contributed by atoms with Gasteiger partial charge in [0.05, 0.1) is 17.6 Å². The highest BCUT2D eigenvalue weighted by Gasteiger charge is 2.01. The molecule has 0 aliphatic rings. The minimum Gasteiger partial charge on any atom is -0.258 e. The van der Waals surface area contributed by atoms with Crippen LogP contribution in [0.15, 0.2) is 49.1 Å². The number of H-pyrrole nitrogens is 1. The largest absolute Gasteiger partial charge is 0.258 e. The van der Waals surface area contributed by atoms with Crippen molar-refractivity contribution in [1.29, 1.82) is 0 Å². The lowest BCUT2D eigenvalue weighted by Crippen LogP contribution is -1.84.